The predicted octanol–water partition coefficient (Wildman–Crippen LogP) is 3.74. The first-order valence-electron chi connectivity index (χ1n) is 9.59. The van der Waals surface area contributed by atoms with Crippen molar-refractivity contribution < 1.29 is 19.5 Å². The van der Waals surface area contributed by atoms with E-state index in [0.717, 1.165) is 18.4 Å². The van der Waals surface area contributed by atoms with E-state index in [0.29, 0.717) is 36.4 Å². The lowest BCUT2D eigenvalue weighted by Gasteiger charge is -2.36. The van der Waals surface area contributed by atoms with Crippen molar-refractivity contribution in [2.24, 2.45) is 11.8 Å². The molecule has 3 N–H and O–H groups in total. The van der Waals surface area contributed by atoms with E-state index < -0.39 is 17.4 Å². The summed E-state index contributed by atoms with van der Waals surface area (Å²) in [6.07, 6.45) is 2.88. The molecule has 0 aromatic heterocycles. The predicted molar refractivity (Wildman–Crippen MR) is 105 cm³/mol. The van der Waals surface area contributed by atoms with Gasteiger partial charge in [0.15, 0.2) is 0 Å². The first-order chi connectivity index (χ1) is 12.6. The topological polar surface area (TPSA) is 95.5 Å². The van der Waals surface area contributed by atoms with E-state index in [4.69, 9.17) is 0 Å². The van der Waals surface area contributed by atoms with Crippen LogP contribution < -0.4 is 10.6 Å². The summed E-state index contributed by atoms with van der Waals surface area (Å²) in [6, 6.07) is 4.99. The molecule has 0 aliphatic heterocycles. The van der Waals surface area contributed by atoms with Crippen LogP contribution in [0.25, 0.3) is 0 Å². The monoisotopic (exact) mass is 374 g/mol. The van der Waals surface area contributed by atoms with Crippen LogP contribution in [0, 0.1) is 18.8 Å². The first-order valence-corrected chi connectivity index (χ1v) is 9.59. The Morgan fingerprint density at radius 3 is 2.37 bits per heavy atom. The van der Waals surface area contributed by atoms with Gasteiger partial charge in [0.25, 0.3) is 5.91 Å². The van der Waals surface area contributed by atoms with Crippen molar-refractivity contribution in [1.82, 2.24) is 5.32 Å². The first kappa shape index (κ1) is 20.9. The average molecular weight is 374 g/mol. The van der Waals surface area contributed by atoms with E-state index in [1.807, 2.05) is 20.8 Å². The zero-order valence-corrected chi connectivity index (χ0v) is 16.6. The normalized spacial score (nSPS) is 22.3. The maximum Gasteiger partial charge on any atom is 0.329 e. The van der Waals surface area contributed by atoms with Gasteiger partial charge in [0.1, 0.15) is 5.54 Å². The molecule has 0 saturated heterocycles. The van der Waals surface area contributed by atoms with Crippen LogP contribution >= 0.6 is 0 Å². The van der Waals surface area contributed by atoms with E-state index in [1.54, 1.807) is 18.2 Å². The quantitative estimate of drug-likeness (QED) is 0.707. The molecule has 0 radical (unpaired) electrons. The number of carbonyl (C=O) groups excluding carboxylic acids is 2. The number of aryl methyl sites for hydroxylation is 1. The Bertz CT molecular complexity index is 719. The number of rotatable bonds is 6. The van der Waals surface area contributed by atoms with Gasteiger partial charge >= 0.3 is 5.97 Å². The molecule has 6 nitrogen and oxygen atoms in total. The molecule has 1 aliphatic rings. The molecule has 0 unspecified atom stereocenters. The molecule has 27 heavy (non-hydrogen) atoms. The van der Waals surface area contributed by atoms with Gasteiger partial charge in [-0.3, -0.25) is 9.59 Å². The van der Waals surface area contributed by atoms with Gasteiger partial charge in [0, 0.05) is 17.7 Å². The van der Waals surface area contributed by atoms with Gasteiger partial charge in [-0.1, -0.05) is 20.8 Å². The maximum atomic E-state index is 12.7. The molecule has 1 aromatic rings. The second-order valence-electron chi connectivity index (χ2n) is 8.20. The third-order valence-electron chi connectivity index (χ3n) is 5.25. The Morgan fingerprint density at radius 1 is 1.22 bits per heavy atom. The van der Waals surface area contributed by atoms with Crippen LogP contribution in [-0.4, -0.2) is 28.4 Å². The van der Waals surface area contributed by atoms with Crippen LogP contribution in [0.4, 0.5) is 5.69 Å². The summed E-state index contributed by atoms with van der Waals surface area (Å²) in [6.45, 7) is 7.87. The second kappa shape index (κ2) is 8.55. The third kappa shape index (κ3) is 5.31. The Hall–Kier alpha value is -2.37. The van der Waals surface area contributed by atoms with Gasteiger partial charge in [-0.15, -0.1) is 0 Å². The molecule has 1 aliphatic carbocycles. The molecule has 6 heteroatoms. The zero-order chi connectivity index (χ0) is 20.2. The lowest BCUT2D eigenvalue weighted by Crippen LogP contribution is -2.56. The van der Waals surface area contributed by atoms with E-state index in [1.165, 1.54) is 0 Å². The highest BCUT2D eigenvalue weighted by atomic mass is 16.4. The van der Waals surface area contributed by atoms with Gasteiger partial charge in [0.05, 0.1) is 0 Å². The van der Waals surface area contributed by atoms with Crippen molar-refractivity contribution in [2.45, 2.75) is 65.3 Å². The summed E-state index contributed by atoms with van der Waals surface area (Å²) < 4.78 is 0. The fraction of sp³-hybridized carbons (Fsp3) is 0.571. The summed E-state index contributed by atoms with van der Waals surface area (Å²) in [5, 5.41) is 15.3. The van der Waals surface area contributed by atoms with E-state index in [2.05, 4.69) is 17.6 Å². The number of aliphatic carboxylic acids is 1. The highest BCUT2D eigenvalue weighted by Gasteiger charge is 2.42. The molecule has 2 rings (SSSR count). The summed E-state index contributed by atoms with van der Waals surface area (Å²) >= 11 is 0. The molecule has 0 bridgehead atoms. The number of anilines is 1. The third-order valence-corrected chi connectivity index (χ3v) is 5.25. The number of carbonyl (C=O) groups is 3. The maximum absolute atomic E-state index is 12.7. The zero-order valence-electron chi connectivity index (χ0n) is 16.6. The van der Waals surface area contributed by atoms with Crippen LogP contribution in [0.5, 0.6) is 0 Å². The lowest BCUT2D eigenvalue weighted by molar-refractivity contribution is -0.146. The molecule has 0 atom stereocenters. The highest BCUT2D eigenvalue weighted by Crippen LogP contribution is 2.32. The summed E-state index contributed by atoms with van der Waals surface area (Å²) in [5.41, 5.74) is 0.633. The molecule has 2 amide bonds. The molecule has 1 saturated carbocycles. The standard InChI is InChI=1S/C21H30N2O4/c1-13(2)11-18(24)22-17-6-5-16(12-15(17)4)19(25)23-21(20(26)27)9-7-14(3)8-10-21/h5-6,12-14H,7-11H2,1-4H3,(H,22,24)(H,23,25)(H,26,27). The van der Waals surface area contributed by atoms with Crippen LogP contribution in [-0.2, 0) is 9.59 Å². The van der Waals surface area contributed by atoms with Crippen molar-refractivity contribution in [2.75, 3.05) is 5.32 Å². The number of carboxylic acids is 1. The van der Waals surface area contributed by atoms with Gasteiger partial charge in [0.2, 0.25) is 5.91 Å². The van der Waals surface area contributed by atoms with Gasteiger partial charge in [-0.05, 0) is 68.2 Å². The minimum Gasteiger partial charge on any atom is -0.480 e. The molecule has 0 heterocycles. The number of amides is 2. The smallest absolute Gasteiger partial charge is 0.329 e. The Morgan fingerprint density at radius 2 is 1.85 bits per heavy atom. The molecule has 148 valence electrons. The fourth-order valence-corrected chi connectivity index (χ4v) is 3.45. The fourth-order valence-electron chi connectivity index (χ4n) is 3.45. The van der Waals surface area contributed by atoms with Gasteiger partial charge < -0.3 is 15.7 Å². The lowest BCUT2D eigenvalue weighted by atomic mass is 9.77. The Balaban J connectivity index is 2.11. The highest BCUT2D eigenvalue weighted by molar-refractivity contribution is 5.99. The van der Waals surface area contributed by atoms with E-state index in [9.17, 15) is 19.5 Å². The number of carboxylic acid groups (broad SMARTS) is 1. The summed E-state index contributed by atoms with van der Waals surface area (Å²) in [7, 11) is 0. The van der Waals surface area contributed by atoms with E-state index in [-0.39, 0.29) is 11.8 Å². The average Bonchev–Trinajstić information content (AvgIpc) is 2.58. The van der Waals surface area contributed by atoms with E-state index >= 15 is 0 Å². The van der Waals surface area contributed by atoms with Crippen LogP contribution in [0.2, 0.25) is 0 Å². The minimum absolute atomic E-state index is 0.0635. The second-order valence-corrected chi connectivity index (χ2v) is 8.20. The van der Waals surface area contributed by atoms with Crippen LogP contribution in [0.1, 0.15) is 68.8 Å². The summed E-state index contributed by atoms with van der Waals surface area (Å²) in [5.74, 6) is -0.690. The van der Waals surface area contributed by atoms with Crippen molar-refractivity contribution in [3.63, 3.8) is 0 Å². The molecule has 1 aromatic carbocycles. The minimum atomic E-state index is -1.19. The number of nitrogens with one attached hydrogen (secondary N) is 2. The van der Waals surface area contributed by atoms with Gasteiger partial charge in [-0.25, -0.2) is 4.79 Å². The molecular formula is C21H30N2O4. The summed E-state index contributed by atoms with van der Waals surface area (Å²) in [4.78, 5) is 36.4. The van der Waals surface area contributed by atoms with Crippen LogP contribution in [0.3, 0.4) is 0 Å². The molecule has 1 fully saturated rings. The van der Waals surface area contributed by atoms with Crippen molar-refractivity contribution >= 4 is 23.5 Å². The van der Waals surface area contributed by atoms with Crippen molar-refractivity contribution in [3.05, 3.63) is 29.3 Å². The SMILES string of the molecule is Cc1cc(C(=O)NC2(C(=O)O)CCC(C)CC2)ccc1NC(=O)CC(C)C. The number of hydrogen-bond acceptors (Lipinski definition) is 3. The largest absolute Gasteiger partial charge is 0.480 e. The van der Waals surface area contributed by atoms with Crippen molar-refractivity contribution in [1.29, 1.82) is 0 Å². The molecule has 0 spiro atoms. The number of benzene rings is 1. The van der Waals surface area contributed by atoms with Gasteiger partial charge in [-0.2, -0.15) is 0 Å². The van der Waals surface area contributed by atoms with Crippen molar-refractivity contribution in [3.8, 4) is 0 Å². The number of hydrogen-bond donors (Lipinski definition) is 3. The Labute approximate surface area is 160 Å². The van der Waals surface area contributed by atoms with Crippen LogP contribution in [0.15, 0.2) is 18.2 Å². The Kier molecular flexibility index (Phi) is 6.63. The molecular weight excluding hydrogens is 344 g/mol.